The van der Waals surface area contributed by atoms with Gasteiger partial charge in [0.15, 0.2) is 0 Å². The second-order valence-electron chi connectivity index (χ2n) is 6.35. The number of aromatic nitrogens is 2. The van der Waals surface area contributed by atoms with E-state index in [4.69, 9.17) is 0 Å². The number of carbonyl (C=O) groups excluding carboxylic acids is 2. The molecule has 6 nitrogen and oxygen atoms in total. The molecule has 1 atom stereocenters. The van der Waals surface area contributed by atoms with E-state index in [2.05, 4.69) is 15.3 Å². The first-order valence-electron chi connectivity index (χ1n) is 8.58. The fraction of sp³-hybridized carbons (Fsp3) is 0.368. The van der Waals surface area contributed by atoms with Crippen LogP contribution >= 0.6 is 0 Å². The lowest BCUT2D eigenvalue weighted by molar-refractivity contribution is -0.144. The number of rotatable bonds is 2. The Hall–Kier alpha value is -2.76. The van der Waals surface area contributed by atoms with E-state index in [9.17, 15) is 9.59 Å². The van der Waals surface area contributed by atoms with Crippen molar-refractivity contribution >= 4 is 17.5 Å². The number of pyridine rings is 2. The molecule has 0 saturated carbocycles. The highest BCUT2D eigenvalue weighted by Crippen LogP contribution is 2.30. The number of likely N-dealkylation sites (tertiary alicyclic amines) is 1. The molecule has 0 bridgehead atoms. The van der Waals surface area contributed by atoms with Gasteiger partial charge in [0, 0.05) is 25.1 Å². The molecule has 1 aliphatic rings. The first kappa shape index (κ1) is 17.1. The summed E-state index contributed by atoms with van der Waals surface area (Å²) in [5.74, 6) is -1.11. The van der Waals surface area contributed by atoms with E-state index in [0.29, 0.717) is 12.2 Å². The fourth-order valence-corrected chi connectivity index (χ4v) is 3.22. The van der Waals surface area contributed by atoms with E-state index in [1.165, 1.54) is 0 Å². The fourth-order valence-electron chi connectivity index (χ4n) is 3.22. The number of anilines is 1. The standard InChI is InChI=1S/C19H22N4O2/c1-14-11-16(13-21-12-14)22-18(24)19(25)23-10-4-2-3-5-17(23)15-6-8-20-9-7-15/h6-9,11-13,17H,2-5,10H2,1H3,(H,22,24). The van der Waals surface area contributed by atoms with Crippen LogP contribution in [0.5, 0.6) is 0 Å². The van der Waals surface area contributed by atoms with Crippen LogP contribution in [-0.2, 0) is 9.59 Å². The minimum atomic E-state index is -0.617. The molecule has 1 fully saturated rings. The van der Waals surface area contributed by atoms with E-state index >= 15 is 0 Å². The second-order valence-corrected chi connectivity index (χ2v) is 6.35. The third kappa shape index (κ3) is 4.21. The SMILES string of the molecule is Cc1cncc(NC(=O)C(=O)N2CCCCCC2c2ccncc2)c1. The van der Waals surface area contributed by atoms with Crippen molar-refractivity contribution in [3.8, 4) is 0 Å². The van der Waals surface area contributed by atoms with Gasteiger partial charge in [-0.3, -0.25) is 19.6 Å². The highest BCUT2D eigenvalue weighted by molar-refractivity contribution is 6.39. The predicted octanol–water partition coefficient (Wildman–Crippen LogP) is 2.87. The van der Waals surface area contributed by atoms with Gasteiger partial charge in [0.1, 0.15) is 0 Å². The molecule has 2 amide bonds. The zero-order chi connectivity index (χ0) is 17.6. The molecule has 2 aromatic rings. The molecule has 0 aliphatic carbocycles. The number of nitrogens with zero attached hydrogens (tertiary/aromatic N) is 3. The van der Waals surface area contributed by atoms with Crippen LogP contribution in [0, 0.1) is 6.92 Å². The molecule has 3 heterocycles. The highest BCUT2D eigenvalue weighted by atomic mass is 16.2. The zero-order valence-corrected chi connectivity index (χ0v) is 14.3. The third-order valence-corrected chi connectivity index (χ3v) is 4.43. The van der Waals surface area contributed by atoms with Gasteiger partial charge in [0.2, 0.25) is 0 Å². The van der Waals surface area contributed by atoms with Gasteiger partial charge < -0.3 is 10.2 Å². The van der Waals surface area contributed by atoms with E-state index in [1.807, 2.05) is 19.1 Å². The summed E-state index contributed by atoms with van der Waals surface area (Å²) >= 11 is 0. The highest BCUT2D eigenvalue weighted by Gasteiger charge is 2.30. The summed E-state index contributed by atoms with van der Waals surface area (Å²) in [5.41, 5.74) is 2.48. The van der Waals surface area contributed by atoms with Gasteiger partial charge >= 0.3 is 11.8 Å². The number of hydrogen-bond donors (Lipinski definition) is 1. The van der Waals surface area contributed by atoms with Crippen LogP contribution in [0.15, 0.2) is 43.0 Å². The van der Waals surface area contributed by atoms with Crippen molar-refractivity contribution in [3.05, 3.63) is 54.1 Å². The van der Waals surface area contributed by atoms with Crippen molar-refractivity contribution < 1.29 is 9.59 Å². The Kier molecular flexibility index (Phi) is 5.38. The maximum atomic E-state index is 12.8. The Morgan fingerprint density at radius 1 is 1.12 bits per heavy atom. The van der Waals surface area contributed by atoms with Crippen molar-refractivity contribution in [2.45, 2.75) is 38.6 Å². The van der Waals surface area contributed by atoms with Crippen molar-refractivity contribution in [3.63, 3.8) is 0 Å². The molecule has 0 aromatic carbocycles. The van der Waals surface area contributed by atoms with E-state index < -0.39 is 11.8 Å². The Morgan fingerprint density at radius 3 is 2.68 bits per heavy atom. The minimum absolute atomic E-state index is 0.0839. The summed E-state index contributed by atoms with van der Waals surface area (Å²) in [6.45, 7) is 2.48. The molecule has 25 heavy (non-hydrogen) atoms. The lowest BCUT2D eigenvalue weighted by Crippen LogP contribution is -2.42. The molecule has 1 unspecified atom stereocenters. The molecule has 0 radical (unpaired) electrons. The van der Waals surface area contributed by atoms with E-state index in [1.54, 1.807) is 35.8 Å². The molecule has 1 N–H and O–H groups in total. The van der Waals surface area contributed by atoms with Gasteiger partial charge in [-0.05, 0) is 49.1 Å². The van der Waals surface area contributed by atoms with Crippen LogP contribution in [0.25, 0.3) is 0 Å². The van der Waals surface area contributed by atoms with Crippen LogP contribution in [0.2, 0.25) is 0 Å². The van der Waals surface area contributed by atoms with Crippen LogP contribution in [0.1, 0.15) is 42.9 Å². The summed E-state index contributed by atoms with van der Waals surface area (Å²) in [4.78, 5) is 35.0. The summed E-state index contributed by atoms with van der Waals surface area (Å²) < 4.78 is 0. The average Bonchev–Trinajstić information content (AvgIpc) is 2.88. The Labute approximate surface area is 147 Å². The maximum Gasteiger partial charge on any atom is 0.313 e. The third-order valence-electron chi connectivity index (χ3n) is 4.43. The van der Waals surface area contributed by atoms with Crippen molar-refractivity contribution in [1.29, 1.82) is 0 Å². The topological polar surface area (TPSA) is 75.2 Å². The monoisotopic (exact) mass is 338 g/mol. The van der Waals surface area contributed by atoms with Gasteiger partial charge in [-0.1, -0.05) is 12.8 Å². The van der Waals surface area contributed by atoms with Crippen molar-refractivity contribution in [2.24, 2.45) is 0 Å². The molecule has 1 aliphatic heterocycles. The normalized spacial score (nSPS) is 17.6. The number of nitrogens with one attached hydrogen (secondary N) is 1. The second kappa shape index (κ2) is 7.88. The quantitative estimate of drug-likeness (QED) is 0.855. The lowest BCUT2D eigenvalue weighted by Gasteiger charge is -2.29. The zero-order valence-electron chi connectivity index (χ0n) is 14.3. The van der Waals surface area contributed by atoms with Crippen molar-refractivity contribution in [1.82, 2.24) is 14.9 Å². The van der Waals surface area contributed by atoms with Gasteiger partial charge in [0.05, 0.1) is 17.9 Å². The summed E-state index contributed by atoms with van der Waals surface area (Å²) in [6.07, 6.45) is 10.6. The first-order valence-corrected chi connectivity index (χ1v) is 8.58. The Bertz CT molecular complexity index is 748. The maximum absolute atomic E-state index is 12.8. The van der Waals surface area contributed by atoms with Crippen molar-refractivity contribution in [2.75, 3.05) is 11.9 Å². The molecule has 2 aromatic heterocycles. The number of aryl methyl sites for hydroxylation is 1. The van der Waals surface area contributed by atoms with Crippen LogP contribution in [0.4, 0.5) is 5.69 Å². The van der Waals surface area contributed by atoms with Gasteiger partial charge in [-0.25, -0.2) is 0 Å². The summed E-state index contributed by atoms with van der Waals surface area (Å²) in [7, 11) is 0. The predicted molar refractivity (Wildman–Crippen MR) is 94.8 cm³/mol. The molecule has 1 saturated heterocycles. The largest absolute Gasteiger partial charge is 0.327 e. The molecule has 0 spiro atoms. The van der Waals surface area contributed by atoms with Gasteiger partial charge in [-0.15, -0.1) is 0 Å². The molecule has 3 rings (SSSR count). The van der Waals surface area contributed by atoms with Gasteiger partial charge in [0.25, 0.3) is 0 Å². The molecular weight excluding hydrogens is 316 g/mol. The minimum Gasteiger partial charge on any atom is -0.327 e. The van der Waals surface area contributed by atoms with E-state index in [-0.39, 0.29) is 6.04 Å². The molecule has 130 valence electrons. The lowest BCUT2D eigenvalue weighted by atomic mass is 10.0. The average molecular weight is 338 g/mol. The number of amides is 2. The van der Waals surface area contributed by atoms with Crippen LogP contribution in [-0.4, -0.2) is 33.2 Å². The van der Waals surface area contributed by atoms with Gasteiger partial charge in [-0.2, -0.15) is 0 Å². The Balaban J connectivity index is 1.78. The first-order chi connectivity index (χ1) is 12.1. The van der Waals surface area contributed by atoms with Crippen LogP contribution < -0.4 is 5.32 Å². The number of hydrogen-bond acceptors (Lipinski definition) is 4. The summed E-state index contributed by atoms with van der Waals surface area (Å²) in [6, 6.07) is 5.54. The van der Waals surface area contributed by atoms with Crippen LogP contribution in [0.3, 0.4) is 0 Å². The smallest absolute Gasteiger partial charge is 0.313 e. The molecular formula is C19H22N4O2. The number of carbonyl (C=O) groups is 2. The van der Waals surface area contributed by atoms with E-state index in [0.717, 1.165) is 36.8 Å². The summed E-state index contributed by atoms with van der Waals surface area (Å²) in [5, 5.41) is 2.67. The molecule has 6 heteroatoms. The Morgan fingerprint density at radius 2 is 1.92 bits per heavy atom.